The first-order valence-corrected chi connectivity index (χ1v) is 15.7. The third-order valence-corrected chi connectivity index (χ3v) is 8.46. The molecule has 0 bridgehead atoms. The van der Waals surface area contributed by atoms with E-state index in [1.807, 2.05) is 67.6 Å². The number of nitrogens with two attached hydrogens (primary N) is 1. The van der Waals surface area contributed by atoms with Gasteiger partial charge in [0.2, 0.25) is 0 Å². The van der Waals surface area contributed by atoms with Crippen LogP contribution in [0.4, 0.5) is 17.1 Å². The molecular formula is C40H35BrN2O2. The Morgan fingerprint density at radius 3 is 1.67 bits per heavy atom. The lowest BCUT2D eigenvalue weighted by Gasteiger charge is -2.10. The molecule has 2 aromatic heterocycles. The van der Waals surface area contributed by atoms with Gasteiger partial charge in [0.05, 0.1) is 10.2 Å². The summed E-state index contributed by atoms with van der Waals surface area (Å²) in [6.45, 7) is 8.31. The molecule has 0 fully saturated rings. The molecule has 0 spiro atoms. The number of para-hydroxylation sites is 4. The molecule has 4 nitrogen and oxygen atoms in total. The van der Waals surface area contributed by atoms with Gasteiger partial charge in [0.25, 0.3) is 0 Å². The van der Waals surface area contributed by atoms with Crippen LogP contribution in [0.1, 0.15) is 22.3 Å². The summed E-state index contributed by atoms with van der Waals surface area (Å²) >= 11 is 3.48. The van der Waals surface area contributed by atoms with Crippen molar-refractivity contribution in [2.75, 3.05) is 11.1 Å². The molecule has 0 saturated carbocycles. The average molecular weight is 656 g/mol. The average Bonchev–Trinajstić information content (AvgIpc) is 3.61. The molecule has 0 saturated heterocycles. The highest BCUT2D eigenvalue weighted by Crippen LogP contribution is 2.35. The maximum Gasteiger partial charge on any atom is 0.158 e. The Balaban J connectivity index is 0.000000132. The van der Waals surface area contributed by atoms with Gasteiger partial charge >= 0.3 is 0 Å². The van der Waals surface area contributed by atoms with Gasteiger partial charge in [0, 0.05) is 32.9 Å². The molecular weight excluding hydrogens is 620 g/mol. The Bertz CT molecular complexity index is 2280. The molecule has 0 aliphatic carbocycles. The predicted octanol–water partition coefficient (Wildman–Crippen LogP) is 12.2. The molecule has 0 atom stereocenters. The molecule has 0 unspecified atom stereocenters. The molecule has 8 rings (SSSR count). The molecule has 2 heterocycles. The first-order chi connectivity index (χ1) is 21.8. The monoisotopic (exact) mass is 654 g/mol. The van der Waals surface area contributed by atoms with Crippen LogP contribution in [0.25, 0.3) is 43.9 Å². The third-order valence-electron chi connectivity index (χ3n) is 7.84. The SMILES string of the molecule is Brc1cccc2c1oc1ccccc12.Cc1ccc(N)c(C)c1.Cc1ccc(Nc2cccc3c2oc2ccccc23)c(C)c1. The van der Waals surface area contributed by atoms with Crippen molar-refractivity contribution in [1.82, 2.24) is 0 Å². The van der Waals surface area contributed by atoms with Gasteiger partial charge in [-0.3, -0.25) is 0 Å². The zero-order valence-corrected chi connectivity index (χ0v) is 27.4. The normalized spacial score (nSPS) is 10.9. The number of halogens is 1. The summed E-state index contributed by atoms with van der Waals surface area (Å²) in [5, 5.41) is 8.14. The van der Waals surface area contributed by atoms with Gasteiger partial charge in [0.1, 0.15) is 16.7 Å². The molecule has 45 heavy (non-hydrogen) atoms. The summed E-state index contributed by atoms with van der Waals surface area (Å²) < 4.78 is 12.8. The van der Waals surface area contributed by atoms with Gasteiger partial charge in [-0.1, -0.05) is 96.1 Å². The number of benzene rings is 6. The van der Waals surface area contributed by atoms with Gasteiger partial charge in [-0.2, -0.15) is 0 Å². The Labute approximate surface area is 271 Å². The summed E-state index contributed by atoms with van der Waals surface area (Å²) in [7, 11) is 0. The molecule has 8 aromatic rings. The summed E-state index contributed by atoms with van der Waals surface area (Å²) in [6, 6.07) is 41.0. The van der Waals surface area contributed by atoms with Crippen LogP contribution in [0.5, 0.6) is 0 Å². The summed E-state index contributed by atoms with van der Waals surface area (Å²) in [4.78, 5) is 0. The van der Waals surface area contributed by atoms with E-state index in [-0.39, 0.29) is 0 Å². The summed E-state index contributed by atoms with van der Waals surface area (Å²) in [6.07, 6.45) is 0. The van der Waals surface area contributed by atoms with Gasteiger partial charge in [-0.25, -0.2) is 0 Å². The first kappa shape index (κ1) is 30.0. The quantitative estimate of drug-likeness (QED) is 0.182. The van der Waals surface area contributed by atoms with Gasteiger partial charge < -0.3 is 19.9 Å². The fraction of sp³-hybridized carbons (Fsp3) is 0.100. The number of anilines is 3. The number of hydrogen-bond acceptors (Lipinski definition) is 4. The van der Waals surface area contributed by atoms with Gasteiger partial charge in [0.15, 0.2) is 5.58 Å². The van der Waals surface area contributed by atoms with Crippen molar-refractivity contribution < 1.29 is 8.83 Å². The number of furan rings is 2. The largest absolute Gasteiger partial charge is 0.455 e. The van der Waals surface area contributed by atoms with Crippen LogP contribution in [0.15, 0.2) is 135 Å². The van der Waals surface area contributed by atoms with Crippen molar-refractivity contribution in [2.24, 2.45) is 0 Å². The molecule has 0 amide bonds. The van der Waals surface area contributed by atoms with E-state index < -0.39 is 0 Å². The second kappa shape index (κ2) is 12.9. The molecule has 0 aliphatic rings. The Kier molecular flexibility index (Phi) is 8.63. The molecule has 224 valence electrons. The van der Waals surface area contributed by atoms with Crippen molar-refractivity contribution in [3.05, 3.63) is 148 Å². The van der Waals surface area contributed by atoms with Crippen LogP contribution in [0.2, 0.25) is 0 Å². The van der Waals surface area contributed by atoms with E-state index in [1.54, 1.807) is 0 Å². The first-order valence-electron chi connectivity index (χ1n) is 14.9. The van der Waals surface area contributed by atoms with Gasteiger partial charge in [-0.15, -0.1) is 0 Å². The molecule has 3 N–H and O–H groups in total. The highest BCUT2D eigenvalue weighted by atomic mass is 79.9. The number of nitrogens with one attached hydrogen (secondary N) is 1. The summed E-state index contributed by atoms with van der Waals surface area (Å²) in [5.74, 6) is 0. The van der Waals surface area contributed by atoms with E-state index in [4.69, 9.17) is 14.6 Å². The van der Waals surface area contributed by atoms with Crippen molar-refractivity contribution in [3.63, 3.8) is 0 Å². The number of hydrogen-bond donors (Lipinski definition) is 2. The van der Waals surface area contributed by atoms with Crippen LogP contribution in [-0.2, 0) is 0 Å². The number of aryl methyl sites for hydroxylation is 4. The number of fused-ring (bicyclic) bond motifs is 6. The second-order valence-corrected chi connectivity index (χ2v) is 12.2. The fourth-order valence-corrected chi connectivity index (χ4v) is 5.93. The van der Waals surface area contributed by atoms with E-state index in [0.29, 0.717) is 0 Å². The lowest BCUT2D eigenvalue weighted by Crippen LogP contribution is -1.93. The van der Waals surface area contributed by atoms with Crippen LogP contribution in [-0.4, -0.2) is 0 Å². The van der Waals surface area contributed by atoms with E-state index in [2.05, 4.69) is 103 Å². The standard InChI is InChI=1S/C20H17NO.C12H7BrO.C8H11N/c1-13-10-11-17(14(2)12-13)21-18-8-5-7-16-15-6-3-4-9-19(15)22-20(16)18;13-10-6-3-5-9-8-4-1-2-7-11(8)14-12(9)10;1-6-3-4-8(9)7(2)5-6/h3-12,21H,1-2H3;1-7H;3-5H,9H2,1-2H3. The zero-order chi connectivity index (χ0) is 31.5. The highest BCUT2D eigenvalue weighted by molar-refractivity contribution is 9.10. The smallest absolute Gasteiger partial charge is 0.158 e. The van der Waals surface area contributed by atoms with Crippen LogP contribution in [0, 0.1) is 27.7 Å². The Hall–Kier alpha value is -5.00. The Morgan fingerprint density at radius 1 is 0.511 bits per heavy atom. The number of nitrogen functional groups attached to an aromatic ring is 1. The van der Waals surface area contributed by atoms with Crippen molar-refractivity contribution in [1.29, 1.82) is 0 Å². The maximum absolute atomic E-state index is 6.06. The Morgan fingerprint density at radius 2 is 1.04 bits per heavy atom. The van der Waals surface area contributed by atoms with Crippen LogP contribution in [0.3, 0.4) is 0 Å². The minimum absolute atomic E-state index is 0.876. The van der Waals surface area contributed by atoms with Crippen LogP contribution >= 0.6 is 15.9 Å². The number of rotatable bonds is 2. The highest BCUT2D eigenvalue weighted by Gasteiger charge is 2.11. The molecule has 0 radical (unpaired) electrons. The van der Waals surface area contributed by atoms with Crippen molar-refractivity contribution in [3.8, 4) is 0 Å². The molecule has 5 heteroatoms. The van der Waals surface area contributed by atoms with Crippen molar-refractivity contribution in [2.45, 2.75) is 27.7 Å². The predicted molar refractivity (Wildman–Crippen MR) is 195 cm³/mol. The van der Waals surface area contributed by atoms with E-state index >= 15 is 0 Å². The molecule has 6 aromatic carbocycles. The van der Waals surface area contributed by atoms with Crippen molar-refractivity contribution >= 4 is 76.9 Å². The lowest BCUT2D eigenvalue weighted by atomic mass is 10.1. The minimum Gasteiger partial charge on any atom is -0.455 e. The van der Waals surface area contributed by atoms with Crippen LogP contribution < -0.4 is 11.1 Å². The maximum atomic E-state index is 6.06. The van der Waals surface area contributed by atoms with E-state index in [9.17, 15) is 0 Å². The second-order valence-electron chi connectivity index (χ2n) is 11.3. The third kappa shape index (κ3) is 6.45. The minimum atomic E-state index is 0.876. The topological polar surface area (TPSA) is 64.3 Å². The fourth-order valence-electron chi connectivity index (χ4n) is 5.48. The summed E-state index contributed by atoms with van der Waals surface area (Å²) in [5.41, 5.74) is 17.2. The van der Waals surface area contributed by atoms with Gasteiger partial charge in [-0.05, 0) is 91.1 Å². The lowest BCUT2D eigenvalue weighted by molar-refractivity contribution is 0.667. The van der Waals surface area contributed by atoms with E-state index in [1.165, 1.54) is 22.1 Å². The van der Waals surface area contributed by atoms with E-state index in [0.717, 1.165) is 65.6 Å². The molecule has 0 aliphatic heterocycles. The zero-order valence-electron chi connectivity index (χ0n) is 25.8.